The topological polar surface area (TPSA) is 102 Å². The number of carbonyl (C=O) groups is 1. The molecule has 6 rings (SSSR count). The smallest absolute Gasteiger partial charge is 0.338 e. The van der Waals surface area contributed by atoms with Crippen molar-refractivity contribution in [1.29, 1.82) is 0 Å². The molecule has 2 aliphatic heterocycles. The Bertz CT molecular complexity index is 1410. The fraction of sp³-hybridized carbons (Fsp3) is 0.345. The minimum Gasteiger partial charge on any atom is -0.492 e. The van der Waals surface area contributed by atoms with E-state index in [0.29, 0.717) is 63.2 Å². The average molecular weight is 521 g/mol. The zero-order valence-electron chi connectivity index (χ0n) is 21.5. The number of esters is 1. The van der Waals surface area contributed by atoms with Crippen molar-refractivity contribution in [2.24, 2.45) is 5.92 Å². The van der Waals surface area contributed by atoms with Crippen molar-refractivity contribution >= 4 is 5.97 Å². The fourth-order valence-corrected chi connectivity index (χ4v) is 5.43. The monoisotopic (exact) mass is 520 g/mol. The summed E-state index contributed by atoms with van der Waals surface area (Å²) in [7, 11) is 3.09. The molecule has 0 fully saturated rings. The molecule has 1 aliphatic carbocycles. The molecular formula is C29H28O9. The lowest BCUT2D eigenvalue weighted by Gasteiger charge is -2.41. The van der Waals surface area contributed by atoms with Gasteiger partial charge in [0.2, 0.25) is 25.1 Å². The number of hydrogen-bond donors (Lipinski definition) is 1. The van der Waals surface area contributed by atoms with Crippen LogP contribution in [0, 0.1) is 5.92 Å². The summed E-state index contributed by atoms with van der Waals surface area (Å²) in [5.74, 6) is 1.77. The van der Waals surface area contributed by atoms with Crippen LogP contribution in [0.25, 0.3) is 11.1 Å². The lowest BCUT2D eigenvalue weighted by molar-refractivity contribution is -0.107. The normalized spacial score (nSPS) is 22.6. The van der Waals surface area contributed by atoms with Crippen LogP contribution in [0.15, 0.2) is 42.5 Å². The van der Waals surface area contributed by atoms with Crippen molar-refractivity contribution in [3.05, 3.63) is 59.2 Å². The Labute approximate surface area is 219 Å². The van der Waals surface area contributed by atoms with Gasteiger partial charge < -0.3 is 38.3 Å². The summed E-state index contributed by atoms with van der Waals surface area (Å²) in [6, 6.07) is 12.3. The molecule has 0 spiro atoms. The third kappa shape index (κ3) is 3.60. The molecule has 0 saturated heterocycles. The highest BCUT2D eigenvalue weighted by Crippen LogP contribution is 2.59. The second-order valence-corrected chi connectivity index (χ2v) is 9.77. The van der Waals surface area contributed by atoms with Gasteiger partial charge in [-0.2, -0.15) is 0 Å². The number of carbonyl (C=O) groups excluding carboxylic acids is 1. The molecule has 38 heavy (non-hydrogen) atoms. The number of ether oxygens (including phenoxy) is 7. The van der Waals surface area contributed by atoms with Crippen molar-refractivity contribution in [3.63, 3.8) is 0 Å². The summed E-state index contributed by atoms with van der Waals surface area (Å²) in [6.07, 6.45) is -0.668. The summed E-state index contributed by atoms with van der Waals surface area (Å²) < 4.78 is 40.9. The maximum absolute atomic E-state index is 13.3. The molecule has 0 amide bonds. The van der Waals surface area contributed by atoms with E-state index in [1.807, 2.05) is 19.1 Å². The minimum atomic E-state index is -1.49. The molecule has 3 aromatic carbocycles. The second-order valence-electron chi connectivity index (χ2n) is 9.77. The highest BCUT2D eigenvalue weighted by Gasteiger charge is 2.47. The van der Waals surface area contributed by atoms with E-state index in [0.717, 1.165) is 5.56 Å². The van der Waals surface area contributed by atoms with Gasteiger partial charge in [0.15, 0.2) is 29.1 Å². The van der Waals surface area contributed by atoms with E-state index < -0.39 is 17.7 Å². The molecule has 1 N–H and O–H groups in total. The van der Waals surface area contributed by atoms with Gasteiger partial charge in [0, 0.05) is 16.7 Å². The Hall–Kier alpha value is -4.11. The molecule has 1 unspecified atom stereocenters. The highest BCUT2D eigenvalue weighted by atomic mass is 16.7. The summed E-state index contributed by atoms with van der Waals surface area (Å²) in [4.78, 5) is 13.3. The lowest BCUT2D eigenvalue weighted by Crippen LogP contribution is -2.43. The molecule has 0 aromatic heterocycles. The summed E-state index contributed by atoms with van der Waals surface area (Å²) in [6.45, 7) is 3.65. The van der Waals surface area contributed by atoms with Crippen molar-refractivity contribution in [3.8, 4) is 45.6 Å². The van der Waals surface area contributed by atoms with Gasteiger partial charge in [-0.25, -0.2) is 4.79 Å². The van der Waals surface area contributed by atoms with Crippen molar-refractivity contribution < 1.29 is 43.1 Å². The Kier molecular flexibility index (Phi) is 5.75. The SMILES string of the molecule is COc1c2c(cc3c1-c1c(cc4c(c1OC)OCO4)C(OC(=O)c1ccccc1)[C@@](C)(O)[C@@H](C)C3)OCO2. The second kappa shape index (κ2) is 9.02. The van der Waals surface area contributed by atoms with Gasteiger partial charge in [-0.1, -0.05) is 25.1 Å². The molecule has 3 aromatic rings. The number of aliphatic hydroxyl groups is 1. The van der Waals surface area contributed by atoms with Gasteiger partial charge in [-0.15, -0.1) is 0 Å². The Balaban J connectivity index is 1.66. The summed E-state index contributed by atoms with van der Waals surface area (Å²) in [5, 5.41) is 12.0. The summed E-state index contributed by atoms with van der Waals surface area (Å²) in [5.41, 5.74) is 1.47. The van der Waals surface area contributed by atoms with E-state index in [4.69, 9.17) is 33.2 Å². The molecule has 9 nitrogen and oxygen atoms in total. The largest absolute Gasteiger partial charge is 0.492 e. The lowest BCUT2D eigenvalue weighted by atomic mass is 9.73. The van der Waals surface area contributed by atoms with Crippen molar-refractivity contribution in [2.75, 3.05) is 27.8 Å². The summed E-state index contributed by atoms with van der Waals surface area (Å²) >= 11 is 0. The number of hydrogen-bond acceptors (Lipinski definition) is 9. The first-order chi connectivity index (χ1) is 18.3. The van der Waals surface area contributed by atoms with E-state index in [-0.39, 0.29) is 19.5 Å². The molecule has 0 radical (unpaired) electrons. The van der Waals surface area contributed by atoms with E-state index >= 15 is 0 Å². The number of fused-ring (bicyclic) bond motifs is 5. The fourth-order valence-electron chi connectivity index (χ4n) is 5.43. The van der Waals surface area contributed by atoms with Crippen LogP contribution in [-0.2, 0) is 11.2 Å². The predicted octanol–water partition coefficient (Wildman–Crippen LogP) is 4.67. The predicted molar refractivity (Wildman–Crippen MR) is 135 cm³/mol. The van der Waals surface area contributed by atoms with Crippen LogP contribution in [0.2, 0.25) is 0 Å². The Morgan fingerprint density at radius 1 is 0.921 bits per heavy atom. The molecule has 0 bridgehead atoms. The first kappa shape index (κ1) is 24.2. The molecule has 0 saturated carbocycles. The van der Waals surface area contributed by atoms with Crippen LogP contribution in [0.1, 0.15) is 41.4 Å². The van der Waals surface area contributed by atoms with Crippen LogP contribution in [0.5, 0.6) is 34.5 Å². The molecule has 3 aliphatic rings. The number of benzene rings is 3. The maximum atomic E-state index is 13.3. The van der Waals surface area contributed by atoms with Crippen LogP contribution >= 0.6 is 0 Å². The first-order valence-electron chi connectivity index (χ1n) is 12.3. The van der Waals surface area contributed by atoms with Gasteiger partial charge in [0.05, 0.1) is 19.8 Å². The van der Waals surface area contributed by atoms with Gasteiger partial charge in [-0.05, 0) is 49.1 Å². The average Bonchev–Trinajstić information content (AvgIpc) is 3.59. The quantitative estimate of drug-likeness (QED) is 0.492. The van der Waals surface area contributed by atoms with Gasteiger partial charge in [-0.3, -0.25) is 0 Å². The molecule has 198 valence electrons. The standard InChI is InChI=1S/C29H28O9/c1-15-10-17-11-19-23(36-13-34-19)25(32-3)21(17)22-18(12-20-24(26(22)33-4)37-14-35-20)27(29(15,2)31)38-28(30)16-8-6-5-7-9-16/h5-9,11-12,15,27,31H,10,13-14H2,1-4H3/t15-,27?,29-/m0/s1. The number of methoxy groups -OCH3 is 2. The third-order valence-electron chi connectivity index (χ3n) is 7.58. The van der Waals surface area contributed by atoms with E-state index in [2.05, 4.69) is 0 Å². The van der Waals surface area contributed by atoms with Crippen molar-refractivity contribution in [1.82, 2.24) is 0 Å². The zero-order chi connectivity index (χ0) is 26.6. The molecule has 3 atom stereocenters. The van der Waals surface area contributed by atoms with Crippen LogP contribution < -0.4 is 28.4 Å². The first-order valence-corrected chi connectivity index (χ1v) is 12.3. The van der Waals surface area contributed by atoms with Crippen molar-refractivity contribution in [2.45, 2.75) is 32.0 Å². The zero-order valence-corrected chi connectivity index (χ0v) is 21.5. The molecular weight excluding hydrogens is 492 g/mol. The van der Waals surface area contributed by atoms with Crippen LogP contribution in [0.4, 0.5) is 0 Å². The minimum absolute atomic E-state index is 0.000975. The number of rotatable bonds is 4. The molecule has 2 heterocycles. The van der Waals surface area contributed by atoms with Gasteiger partial charge >= 0.3 is 5.97 Å². The Morgan fingerprint density at radius 3 is 2.16 bits per heavy atom. The van der Waals surface area contributed by atoms with Crippen LogP contribution in [-0.4, -0.2) is 44.5 Å². The maximum Gasteiger partial charge on any atom is 0.338 e. The van der Waals surface area contributed by atoms with Gasteiger partial charge in [0.1, 0.15) is 5.60 Å². The van der Waals surface area contributed by atoms with E-state index in [1.54, 1.807) is 44.4 Å². The third-order valence-corrected chi connectivity index (χ3v) is 7.58. The molecule has 9 heteroatoms. The van der Waals surface area contributed by atoms with E-state index in [1.165, 1.54) is 7.11 Å². The Morgan fingerprint density at radius 2 is 1.53 bits per heavy atom. The van der Waals surface area contributed by atoms with Gasteiger partial charge in [0.25, 0.3) is 0 Å². The highest BCUT2D eigenvalue weighted by molar-refractivity contribution is 5.91. The van der Waals surface area contributed by atoms with Crippen LogP contribution in [0.3, 0.4) is 0 Å². The van der Waals surface area contributed by atoms with E-state index in [9.17, 15) is 9.90 Å².